The highest BCUT2D eigenvalue weighted by Gasteiger charge is 2.32. The van der Waals surface area contributed by atoms with Gasteiger partial charge in [0.05, 0.1) is 43.5 Å². The summed E-state index contributed by atoms with van der Waals surface area (Å²) in [5.74, 6) is -0.520. The molecule has 0 spiro atoms. The molecule has 0 saturated heterocycles. The molecule has 4 rings (SSSR count). The molecule has 2 aromatic rings. The average molecular weight is 988 g/mol. The van der Waals surface area contributed by atoms with Gasteiger partial charge in [0.2, 0.25) is 5.43 Å². The zero-order valence-corrected chi connectivity index (χ0v) is 27.9. The highest BCUT2D eigenvalue weighted by atomic mass is 127. The van der Waals surface area contributed by atoms with Crippen LogP contribution in [0.1, 0.15) is 10.4 Å². The highest BCUT2D eigenvalue weighted by Crippen LogP contribution is 2.52. The van der Waals surface area contributed by atoms with Crippen molar-refractivity contribution in [3.05, 3.63) is 62.3 Å². The van der Waals surface area contributed by atoms with Gasteiger partial charge in [0.1, 0.15) is 9.32 Å². The number of carbonyl (C=O) groups excluding carboxylic acids is 1. The molecule has 0 fully saturated rings. The summed E-state index contributed by atoms with van der Waals surface area (Å²) in [7, 11) is 1.20. The number of fused-ring (bicyclic) bond motifs is 2. The van der Waals surface area contributed by atoms with E-state index < -0.39 is 5.97 Å². The number of hydrogen-bond acceptors (Lipinski definition) is 5. The van der Waals surface area contributed by atoms with Gasteiger partial charge in [0, 0.05) is 22.1 Å². The molecule has 0 saturated carbocycles. The van der Waals surface area contributed by atoms with E-state index in [-0.39, 0.29) is 53.7 Å². The molecule has 0 radical (unpaired) electrons. The first kappa shape index (κ1) is 27.5. The molecule has 0 bridgehead atoms. The van der Waals surface area contributed by atoms with Crippen molar-refractivity contribution in [3.8, 4) is 28.2 Å². The lowest BCUT2D eigenvalue weighted by atomic mass is 9.90. The van der Waals surface area contributed by atoms with E-state index in [2.05, 4.69) is 0 Å². The SMILES string of the molecule is COC(=O)c1c(Cl)c(Cl)c(Cl)c(Cl)c1-c1c2cc(I)c(=O)c(I)c-2oc2c(I)c(O)c(I)cc12. The van der Waals surface area contributed by atoms with Crippen LogP contribution in [-0.4, -0.2) is 18.2 Å². The van der Waals surface area contributed by atoms with E-state index in [1.807, 2.05) is 90.4 Å². The normalized spacial score (nSPS) is 11.4. The van der Waals surface area contributed by atoms with Gasteiger partial charge in [-0.1, -0.05) is 46.4 Å². The quantitative estimate of drug-likeness (QED) is 0.0714. The topological polar surface area (TPSA) is 76.7 Å². The summed E-state index contributed by atoms with van der Waals surface area (Å²) in [4.78, 5) is 25.6. The molecule has 2 aromatic carbocycles. The Morgan fingerprint density at radius 1 is 0.912 bits per heavy atom. The van der Waals surface area contributed by atoms with Crippen LogP contribution in [0.25, 0.3) is 33.4 Å². The lowest BCUT2D eigenvalue weighted by Crippen LogP contribution is -2.13. The number of phenolic OH excluding ortho intramolecular Hbond substituents is 1. The average Bonchev–Trinajstić information content (AvgIpc) is 2.81. The summed E-state index contributed by atoms with van der Waals surface area (Å²) in [6.07, 6.45) is 0. The molecule has 0 atom stereocenters. The number of aromatic hydroxyl groups is 1. The molecule has 13 heteroatoms. The first-order valence-corrected chi connectivity index (χ1v) is 14.6. The molecular formula is C21H6Cl4I4O5. The van der Waals surface area contributed by atoms with Crippen molar-refractivity contribution in [2.75, 3.05) is 7.11 Å². The first-order chi connectivity index (χ1) is 15.9. The van der Waals surface area contributed by atoms with Crippen LogP contribution in [-0.2, 0) is 4.74 Å². The van der Waals surface area contributed by atoms with Gasteiger partial charge in [-0.05, 0) is 102 Å². The lowest BCUT2D eigenvalue weighted by molar-refractivity contribution is 0.0602. The molecular weight excluding hydrogens is 982 g/mol. The molecule has 1 aliphatic carbocycles. The fourth-order valence-corrected chi connectivity index (χ4v) is 8.02. The molecule has 34 heavy (non-hydrogen) atoms. The number of ether oxygens (including phenoxy) is 1. The minimum atomic E-state index is -0.782. The van der Waals surface area contributed by atoms with Crippen molar-refractivity contribution >= 4 is 154 Å². The predicted octanol–water partition coefficient (Wildman–Crippen LogP) is 9.09. The molecule has 176 valence electrons. The third-order valence-electron chi connectivity index (χ3n) is 4.93. The van der Waals surface area contributed by atoms with Crippen LogP contribution in [0, 0.1) is 14.3 Å². The third kappa shape index (κ3) is 4.30. The van der Waals surface area contributed by atoms with Crippen LogP contribution in [0.4, 0.5) is 0 Å². The number of phenols is 1. The van der Waals surface area contributed by atoms with Crippen LogP contribution >= 0.6 is 137 Å². The molecule has 2 aliphatic rings. The Morgan fingerprint density at radius 3 is 2.15 bits per heavy atom. The van der Waals surface area contributed by atoms with Crippen LogP contribution in [0.2, 0.25) is 20.1 Å². The summed E-state index contributed by atoms with van der Waals surface area (Å²) in [5, 5.41) is 10.8. The van der Waals surface area contributed by atoms with Gasteiger partial charge in [0.15, 0.2) is 11.3 Å². The van der Waals surface area contributed by atoms with Gasteiger partial charge in [-0.2, -0.15) is 0 Å². The third-order valence-corrected chi connectivity index (χ3v) is 10.3. The Morgan fingerprint density at radius 2 is 1.53 bits per heavy atom. The van der Waals surface area contributed by atoms with Crippen molar-refractivity contribution < 1.29 is 19.1 Å². The molecule has 5 nitrogen and oxygen atoms in total. The Hall–Kier alpha value is 0.480. The Kier molecular flexibility index (Phi) is 8.36. The van der Waals surface area contributed by atoms with Gasteiger partial charge < -0.3 is 14.3 Å². The zero-order chi connectivity index (χ0) is 25.2. The second kappa shape index (κ2) is 10.3. The Labute approximate surface area is 266 Å². The maximum atomic E-state index is 12.9. The van der Waals surface area contributed by atoms with Gasteiger partial charge in [-0.25, -0.2) is 4.79 Å². The maximum absolute atomic E-state index is 12.9. The van der Waals surface area contributed by atoms with Crippen LogP contribution in [0.15, 0.2) is 21.3 Å². The number of methoxy groups -OCH3 is 1. The molecule has 1 aliphatic heterocycles. The van der Waals surface area contributed by atoms with Gasteiger partial charge in [0.25, 0.3) is 0 Å². The minimum absolute atomic E-state index is 0.0112. The first-order valence-electron chi connectivity index (χ1n) is 8.82. The molecule has 0 amide bonds. The largest absolute Gasteiger partial charge is 0.506 e. The number of benzene rings is 3. The van der Waals surface area contributed by atoms with E-state index in [4.69, 9.17) is 55.6 Å². The molecule has 1 heterocycles. The van der Waals surface area contributed by atoms with E-state index in [0.29, 0.717) is 30.8 Å². The lowest BCUT2D eigenvalue weighted by Gasteiger charge is -2.22. The van der Waals surface area contributed by atoms with Crippen molar-refractivity contribution in [3.63, 3.8) is 0 Å². The zero-order valence-electron chi connectivity index (χ0n) is 16.3. The van der Waals surface area contributed by atoms with Crippen molar-refractivity contribution in [2.24, 2.45) is 0 Å². The van der Waals surface area contributed by atoms with E-state index in [9.17, 15) is 14.7 Å². The smallest absolute Gasteiger partial charge is 0.340 e. The molecule has 1 N–H and O–H groups in total. The van der Waals surface area contributed by atoms with Gasteiger partial charge >= 0.3 is 5.97 Å². The van der Waals surface area contributed by atoms with Crippen molar-refractivity contribution in [1.29, 1.82) is 0 Å². The number of esters is 1. The van der Waals surface area contributed by atoms with E-state index in [1.54, 1.807) is 12.1 Å². The van der Waals surface area contributed by atoms with Crippen molar-refractivity contribution in [1.82, 2.24) is 0 Å². The number of rotatable bonds is 2. The monoisotopic (exact) mass is 986 g/mol. The summed E-state index contributed by atoms with van der Waals surface area (Å²) < 4.78 is 12.8. The second-order valence-corrected chi connectivity index (χ2v) is 12.7. The second-order valence-electron chi connectivity index (χ2n) is 6.75. The van der Waals surface area contributed by atoms with Crippen LogP contribution in [0.5, 0.6) is 5.75 Å². The van der Waals surface area contributed by atoms with E-state index in [1.165, 1.54) is 7.11 Å². The fourth-order valence-electron chi connectivity index (χ4n) is 3.42. The Bertz CT molecular complexity index is 1590. The minimum Gasteiger partial charge on any atom is -0.506 e. The fraction of sp³-hybridized carbons (Fsp3) is 0.0476. The summed E-state index contributed by atoms with van der Waals surface area (Å²) >= 11 is 33.7. The number of carbonyl (C=O) groups is 1. The van der Waals surface area contributed by atoms with E-state index >= 15 is 0 Å². The molecule has 0 unspecified atom stereocenters. The predicted molar refractivity (Wildman–Crippen MR) is 168 cm³/mol. The summed E-state index contributed by atoms with van der Waals surface area (Å²) in [5.41, 5.74) is 1.05. The van der Waals surface area contributed by atoms with Crippen molar-refractivity contribution in [2.45, 2.75) is 0 Å². The summed E-state index contributed by atoms with van der Waals surface area (Å²) in [6, 6.07) is 3.32. The van der Waals surface area contributed by atoms with Crippen LogP contribution in [0.3, 0.4) is 0 Å². The molecule has 0 aromatic heterocycles. The highest BCUT2D eigenvalue weighted by molar-refractivity contribution is 14.1. The standard InChI is InChI=1S/C21H6Cl4I4O5/c1-33-21(32)10-9(11(22)13(24)14(25)12(10)23)8-4-2-6(26)17(30)15(28)19(4)34-20-5(8)3-7(27)18(31)16(20)29/h2-3,30H,1H3. The number of halogens is 8. The Balaban J connectivity index is 2.42. The van der Waals surface area contributed by atoms with E-state index in [0.717, 1.165) is 0 Å². The maximum Gasteiger partial charge on any atom is 0.340 e. The van der Waals surface area contributed by atoms with Gasteiger partial charge in [-0.15, -0.1) is 0 Å². The van der Waals surface area contributed by atoms with Crippen LogP contribution < -0.4 is 5.43 Å². The number of hydrogen-bond donors (Lipinski definition) is 1. The summed E-state index contributed by atoms with van der Waals surface area (Å²) in [6.45, 7) is 0. The van der Waals surface area contributed by atoms with Gasteiger partial charge in [-0.3, -0.25) is 4.79 Å².